The molecule has 2 aromatic carbocycles. The molecule has 0 saturated carbocycles. The van der Waals surface area contributed by atoms with Gasteiger partial charge in [-0.05, 0) is 54.8 Å². The molecule has 0 aromatic heterocycles. The summed E-state index contributed by atoms with van der Waals surface area (Å²) in [5, 5.41) is 2.95. The molecule has 0 radical (unpaired) electrons. The molecule has 1 fully saturated rings. The second kappa shape index (κ2) is 8.66. The zero-order valence-electron chi connectivity index (χ0n) is 16.6. The van der Waals surface area contributed by atoms with E-state index in [4.69, 9.17) is 4.74 Å². The van der Waals surface area contributed by atoms with Crippen molar-refractivity contribution in [3.63, 3.8) is 0 Å². The SMILES string of the molecule is Cc1ccc(C(=O)N[C@@H]2CCSc3ccc(F)cc32)cc1S(=O)(=O)N1CCOCC1. The summed E-state index contributed by atoms with van der Waals surface area (Å²) in [7, 11) is -3.72. The number of morpholine rings is 1. The number of aryl methyl sites for hydroxylation is 1. The minimum absolute atomic E-state index is 0.127. The average Bonchev–Trinajstić information content (AvgIpc) is 2.75. The Morgan fingerprint density at radius 1 is 1.20 bits per heavy atom. The van der Waals surface area contributed by atoms with E-state index in [1.165, 1.54) is 22.5 Å². The van der Waals surface area contributed by atoms with Gasteiger partial charge < -0.3 is 10.1 Å². The maximum Gasteiger partial charge on any atom is 0.251 e. The molecule has 1 N–H and O–H groups in total. The van der Waals surface area contributed by atoms with E-state index in [2.05, 4.69) is 5.32 Å². The van der Waals surface area contributed by atoms with Crippen molar-refractivity contribution in [3.05, 3.63) is 58.9 Å². The zero-order valence-corrected chi connectivity index (χ0v) is 18.2. The van der Waals surface area contributed by atoms with Gasteiger partial charge in [-0.3, -0.25) is 4.79 Å². The van der Waals surface area contributed by atoms with Crippen LogP contribution >= 0.6 is 11.8 Å². The highest BCUT2D eigenvalue weighted by atomic mass is 32.2. The second-order valence-electron chi connectivity index (χ2n) is 7.34. The molecule has 0 spiro atoms. The van der Waals surface area contributed by atoms with Crippen molar-refractivity contribution in [1.29, 1.82) is 0 Å². The van der Waals surface area contributed by atoms with Crippen LogP contribution in [0.15, 0.2) is 46.2 Å². The molecular weight excluding hydrogens is 427 g/mol. The molecule has 2 heterocycles. The topological polar surface area (TPSA) is 75.7 Å². The molecule has 1 atom stereocenters. The molecule has 4 rings (SSSR count). The van der Waals surface area contributed by atoms with Gasteiger partial charge in [-0.1, -0.05) is 6.07 Å². The van der Waals surface area contributed by atoms with Crippen molar-refractivity contribution in [3.8, 4) is 0 Å². The highest BCUT2D eigenvalue weighted by molar-refractivity contribution is 7.99. The number of benzene rings is 2. The lowest BCUT2D eigenvalue weighted by Crippen LogP contribution is -2.41. The number of sulfonamides is 1. The Labute approximate surface area is 179 Å². The van der Waals surface area contributed by atoms with E-state index in [0.29, 0.717) is 38.3 Å². The van der Waals surface area contributed by atoms with Crippen molar-refractivity contribution in [2.24, 2.45) is 0 Å². The van der Waals surface area contributed by atoms with Gasteiger partial charge in [-0.2, -0.15) is 4.31 Å². The highest BCUT2D eigenvalue weighted by Gasteiger charge is 2.29. The summed E-state index contributed by atoms with van der Waals surface area (Å²) < 4.78 is 46.5. The Bertz CT molecular complexity index is 1070. The van der Waals surface area contributed by atoms with Crippen LogP contribution in [0.4, 0.5) is 4.39 Å². The number of thioether (sulfide) groups is 1. The minimum atomic E-state index is -3.72. The Kier molecular flexibility index (Phi) is 6.15. The van der Waals surface area contributed by atoms with Crippen LogP contribution in [-0.4, -0.2) is 50.7 Å². The molecule has 0 bridgehead atoms. The first kappa shape index (κ1) is 21.3. The fourth-order valence-electron chi connectivity index (χ4n) is 3.70. The number of rotatable bonds is 4. The predicted molar refractivity (Wildman–Crippen MR) is 113 cm³/mol. The summed E-state index contributed by atoms with van der Waals surface area (Å²) in [5.74, 6) is 0.0963. The Balaban J connectivity index is 1.59. The molecular formula is C21H23FN2O4S2. The van der Waals surface area contributed by atoms with Crippen LogP contribution < -0.4 is 5.32 Å². The van der Waals surface area contributed by atoms with Gasteiger partial charge in [0.25, 0.3) is 5.91 Å². The normalized spacial score (nSPS) is 19.9. The summed E-state index contributed by atoms with van der Waals surface area (Å²) in [6, 6.07) is 8.98. The number of fused-ring (bicyclic) bond motifs is 1. The van der Waals surface area contributed by atoms with Crippen LogP contribution in [0.3, 0.4) is 0 Å². The summed E-state index contributed by atoms with van der Waals surface area (Å²) in [6.45, 7) is 3.01. The van der Waals surface area contributed by atoms with E-state index in [9.17, 15) is 17.6 Å². The standard InChI is InChI=1S/C21H23FN2O4S2/c1-14-2-3-15(12-20(14)30(26,27)24-7-9-28-10-8-24)21(25)23-18-6-11-29-19-5-4-16(22)13-17(18)19/h2-5,12-13,18H,6-11H2,1H3,(H,23,25)/t18-/m1/s1. The molecule has 6 nitrogen and oxygen atoms in total. The van der Waals surface area contributed by atoms with E-state index in [0.717, 1.165) is 16.2 Å². The van der Waals surface area contributed by atoms with E-state index in [1.807, 2.05) is 0 Å². The molecule has 0 aliphatic carbocycles. The van der Waals surface area contributed by atoms with Crippen LogP contribution in [0.2, 0.25) is 0 Å². The van der Waals surface area contributed by atoms with E-state index in [1.54, 1.807) is 36.9 Å². The first-order valence-corrected chi connectivity index (χ1v) is 12.2. The number of nitrogens with one attached hydrogen (secondary N) is 1. The van der Waals surface area contributed by atoms with Crippen LogP contribution in [0.5, 0.6) is 0 Å². The molecule has 2 aliphatic rings. The van der Waals surface area contributed by atoms with Gasteiger partial charge in [-0.15, -0.1) is 11.8 Å². The molecule has 2 aromatic rings. The Morgan fingerprint density at radius 3 is 2.73 bits per heavy atom. The summed E-state index contributed by atoms with van der Waals surface area (Å²) in [5.41, 5.74) is 1.61. The van der Waals surface area contributed by atoms with Crippen molar-refractivity contribution < 1.29 is 22.3 Å². The van der Waals surface area contributed by atoms with Gasteiger partial charge in [-0.25, -0.2) is 12.8 Å². The van der Waals surface area contributed by atoms with Gasteiger partial charge in [0, 0.05) is 29.3 Å². The van der Waals surface area contributed by atoms with Crippen LogP contribution in [0, 0.1) is 12.7 Å². The smallest absolute Gasteiger partial charge is 0.251 e. The van der Waals surface area contributed by atoms with E-state index < -0.39 is 10.0 Å². The van der Waals surface area contributed by atoms with Crippen molar-refractivity contribution in [1.82, 2.24) is 9.62 Å². The maximum absolute atomic E-state index is 13.7. The van der Waals surface area contributed by atoms with Crippen molar-refractivity contribution >= 4 is 27.7 Å². The molecule has 1 saturated heterocycles. The van der Waals surface area contributed by atoms with E-state index >= 15 is 0 Å². The number of carbonyl (C=O) groups excluding carboxylic acids is 1. The third-order valence-corrected chi connectivity index (χ3v) is 8.52. The quantitative estimate of drug-likeness (QED) is 0.775. The van der Waals surface area contributed by atoms with Gasteiger partial charge in [0.15, 0.2) is 0 Å². The zero-order chi connectivity index (χ0) is 21.3. The average molecular weight is 451 g/mol. The van der Waals surface area contributed by atoms with Gasteiger partial charge >= 0.3 is 0 Å². The fourth-order valence-corrected chi connectivity index (χ4v) is 6.47. The molecule has 0 unspecified atom stereocenters. The number of amides is 1. The lowest BCUT2D eigenvalue weighted by atomic mass is 10.0. The number of halogens is 1. The second-order valence-corrected chi connectivity index (χ2v) is 10.4. The summed E-state index contributed by atoms with van der Waals surface area (Å²) >= 11 is 1.63. The summed E-state index contributed by atoms with van der Waals surface area (Å²) in [6.07, 6.45) is 0.678. The van der Waals surface area contributed by atoms with E-state index in [-0.39, 0.29) is 28.2 Å². The molecule has 2 aliphatic heterocycles. The number of hydrogen-bond donors (Lipinski definition) is 1. The monoisotopic (exact) mass is 450 g/mol. The first-order chi connectivity index (χ1) is 14.4. The fraction of sp³-hybridized carbons (Fsp3) is 0.381. The molecule has 30 heavy (non-hydrogen) atoms. The number of carbonyl (C=O) groups is 1. The Hall–Kier alpha value is -1.94. The number of nitrogens with zero attached hydrogens (tertiary/aromatic N) is 1. The molecule has 9 heteroatoms. The van der Waals surface area contributed by atoms with Crippen LogP contribution in [0.1, 0.15) is 33.9 Å². The van der Waals surface area contributed by atoms with Crippen LogP contribution in [-0.2, 0) is 14.8 Å². The highest BCUT2D eigenvalue weighted by Crippen LogP contribution is 2.36. The van der Waals surface area contributed by atoms with Crippen LogP contribution in [0.25, 0.3) is 0 Å². The predicted octanol–water partition coefficient (Wildman–Crippen LogP) is 3.12. The summed E-state index contributed by atoms with van der Waals surface area (Å²) in [4.78, 5) is 14.0. The minimum Gasteiger partial charge on any atom is -0.379 e. The molecule has 160 valence electrons. The third kappa shape index (κ3) is 4.25. The third-order valence-electron chi connectivity index (χ3n) is 5.35. The number of ether oxygens (including phenoxy) is 1. The van der Waals surface area contributed by atoms with Crippen molar-refractivity contribution in [2.45, 2.75) is 29.2 Å². The largest absolute Gasteiger partial charge is 0.379 e. The molecule has 1 amide bonds. The van der Waals surface area contributed by atoms with Crippen molar-refractivity contribution in [2.75, 3.05) is 32.1 Å². The van der Waals surface area contributed by atoms with Gasteiger partial charge in [0.2, 0.25) is 10.0 Å². The number of hydrogen-bond acceptors (Lipinski definition) is 5. The maximum atomic E-state index is 13.7. The first-order valence-electron chi connectivity index (χ1n) is 9.78. The van der Waals surface area contributed by atoms with Gasteiger partial charge in [0.1, 0.15) is 5.82 Å². The lowest BCUT2D eigenvalue weighted by Gasteiger charge is -2.27. The van der Waals surface area contributed by atoms with Gasteiger partial charge in [0.05, 0.1) is 24.2 Å². The Morgan fingerprint density at radius 2 is 1.97 bits per heavy atom. The lowest BCUT2D eigenvalue weighted by molar-refractivity contribution is 0.0730.